The molecule has 1 aromatic carbocycles. The zero-order valence-corrected chi connectivity index (χ0v) is 18.5. The molecule has 142 valence electrons. The van der Waals surface area contributed by atoms with Gasteiger partial charge in [-0.2, -0.15) is 0 Å². The largest absolute Gasteiger partial charge is 0.347 e. The monoisotopic (exact) mass is 450 g/mol. The molecule has 1 aromatic rings. The van der Waals surface area contributed by atoms with Crippen LogP contribution in [0.2, 0.25) is 5.02 Å². The van der Waals surface area contributed by atoms with Crippen LogP contribution in [0.1, 0.15) is 19.4 Å². The van der Waals surface area contributed by atoms with Crippen molar-refractivity contribution in [3.8, 4) is 0 Å². The summed E-state index contributed by atoms with van der Waals surface area (Å²) < 4.78 is 0. The lowest BCUT2D eigenvalue weighted by Gasteiger charge is -2.28. The molecule has 0 spiro atoms. The molecule has 9 heteroatoms. The number of thioether (sulfide) groups is 2. The Hall–Kier alpha value is -0.530. The molecule has 0 radical (unpaired) electrons. The first-order valence-electron chi connectivity index (χ1n) is 8.06. The van der Waals surface area contributed by atoms with Gasteiger partial charge in [0.15, 0.2) is 10.3 Å². The van der Waals surface area contributed by atoms with Crippen molar-refractivity contribution in [2.24, 2.45) is 9.98 Å². The van der Waals surface area contributed by atoms with Crippen molar-refractivity contribution in [1.29, 1.82) is 0 Å². The van der Waals surface area contributed by atoms with Gasteiger partial charge in [0, 0.05) is 29.1 Å². The standard InChI is InChI=1S/C17H19ClN4S2.2ClH/c1-11(2)21-6-5-19-16(21)23-9-14-10-24-17-20-15-4-3-13(18)7-12(15)8-22(14)17;;/h3-4,7,10-11H,5-6,8-9H2,1-2H3;2*1H. The lowest BCUT2D eigenvalue weighted by Crippen LogP contribution is -2.33. The molecule has 0 amide bonds. The quantitative estimate of drug-likeness (QED) is 0.616. The van der Waals surface area contributed by atoms with Gasteiger partial charge in [-0.15, -0.1) is 24.8 Å². The Morgan fingerprint density at radius 3 is 2.88 bits per heavy atom. The number of nitrogens with zero attached hydrogens (tertiary/aromatic N) is 4. The highest BCUT2D eigenvalue weighted by Crippen LogP contribution is 2.38. The van der Waals surface area contributed by atoms with Crippen LogP contribution >= 0.6 is 59.9 Å². The number of aliphatic imine (C=N–C) groups is 2. The summed E-state index contributed by atoms with van der Waals surface area (Å²) >= 11 is 9.67. The number of hydrogen-bond donors (Lipinski definition) is 0. The second-order valence-corrected chi connectivity index (χ2v) is 8.44. The predicted molar refractivity (Wildman–Crippen MR) is 121 cm³/mol. The van der Waals surface area contributed by atoms with E-state index in [2.05, 4.69) is 34.0 Å². The molecule has 0 N–H and O–H groups in total. The molecule has 0 bridgehead atoms. The maximum Gasteiger partial charge on any atom is 0.173 e. The molecule has 4 rings (SSSR count). The summed E-state index contributed by atoms with van der Waals surface area (Å²) in [5, 5.41) is 5.22. The summed E-state index contributed by atoms with van der Waals surface area (Å²) in [6, 6.07) is 6.44. The minimum atomic E-state index is 0. The second-order valence-electron chi connectivity index (χ2n) is 6.22. The summed E-state index contributed by atoms with van der Waals surface area (Å²) in [5.74, 6) is 0.921. The maximum absolute atomic E-state index is 6.14. The topological polar surface area (TPSA) is 31.2 Å². The van der Waals surface area contributed by atoms with Crippen molar-refractivity contribution in [2.45, 2.75) is 26.4 Å². The number of amidine groups is 2. The van der Waals surface area contributed by atoms with E-state index in [1.807, 2.05) is 30.0 Å². The van der Waals surface area contributed by atoms with Crippen molar-refractivity contribution in [3.63, 3.8) is 0 Å². The summed E-state index contributed by atoms with van der Waals surface area (Å²) in [4.78, 5) is 14.1. The van der Waals surface area contributed by atoms with E-state index in [0.717, 1.165) is 41.3 Å². The molecule has 3 heterocycles. The Balaban J connectivity index is 0.00000121. The van der Waals surface area contributed by atoms with Crippen molar-refractivity contribution >= 4 is 76.0 Å². The third-order valence-electron chi connectivity index (χ3n) is 4.27. The van der Waals surface area contributed by atoms with E-state index >= 15 is 0 Å². The highest BCUT2D eigenvalue weighted by atomic mass is 35.5. The van der Waals surface area contributed by atoms with Crippen LogP contribution in [0.25, 0.3) is 0 Å². The summed E-state index contributed by atoms with van der Waals surface area (Å²) in [6.07, 6.45) is 0. The summed E-state index contributed by atoms with van der Waals surface area (Å²) in [7, 11) is 0. The van der Waals surface area contributed by atoms with Crippen LogP contribution in [-0.4, -0.2) is 45.0 Å². The van der Waals surface area contributed by atoms with Crippen molar-refractivity contribution < 1.29 is 0 Å². The second kappa shape index (κ2) is 9.11. The first-order chi connectivity index (χ1) is 11.6. The normalized spacial score (nSPS) is 17.8. The first-order valence-corrected chi connectivity index (χ1v) is 10.3. The van der Waals surface area contributed by atoms with Crippen LogP contribution in [0.15, 0.2) is 39.3 Å². The van der Waals surface area contributed by atoms with Crippen LogP contribution in [0, 0.1) is 0 Å². The molecule has 0 saturated heterocycles. The van der Waals surface area contributed by atoms with Gasteiger partial charge in [-0.05, 0) is 43.0 Å². The van der Waals surface area contributed by atoms with E-state index in [9.17, 15) is 0 Å². The van der Waals surface area contributed by atoms with Crippen molar-refractivity contribution in [3.05, 3.63) is 39.9 Å². The summed E-state index contributed by atoms with van der Waals surface area (Å²) in [5.41, 5.74) is 3.52. The Morgan fingerprint density at radius 2 is 2.12 bits per heavy atom. The fourth-order valence-corrected chi connectivity index (χ4v) is 5.37. The van der Waals surface area contributed by atoms with Crippen LogP contribution in [0.3, 0.4) is 0 Å². The molecule has 3 aliphatic heterocycles. The van der Waals surface area contributed by atoms with E-state index in [-0.39, 0.29) is 24.8 Å². The Bertz CT molecular complexity index is 764. The number of fused-ring (bicyclic) bond motifs is 2. The Labute approximate surface area is 180 Å². The average molecular weight is 452 g/mol. The van der Waals surface area contributed by atoms with Crippen molar-refractivity contribution in [1.82, 2.24) is 9.80 Å². The third-order valence-corrected chi connectivity index (χ3v) is 6.48. The molecule has 0 aliphatic carbocycles. The molecule has 0 saturated carbocycles. The Kier molecular flexibility index (Phi) is 7.62. The smallest absolute Gasteiger partial charge is 0.173 e. The van der Waals surface area contributed by atoms with Gasteiger partial charge in [-0.3, -0.25) is 4.99 Å². The third kappa shape index (κ3) is 4.30. The average Bonchev–Trinajstić information content (AvgIpc) is 3.17. The Morgan fingerprint density at radius 1 is 1.31 bits per heavy atom. The van der Waals surface area contributed by atoms with E-state index in [1.165, 1.54) is 16.4 Å². The van der Waals surface area contributed by atoms with Crippen LogP contribution in [0.5, 0.6) is 0 Å². The first kappa shape index (κ1) is 21.8. The van der Waals surface area contributed by atoms with Gasteiger partial charge in [-0.1, -0.05) is 35.1 Å². The minimum Gasteiger partial charge on any atom is -0.347 e. The summed E-state index contributed by atoms with van der Waals surface area (Å²) in [6.45, 7) is 7.24. The lowest BCUT2D eigenvalue weighted by molar-refractivity contribution is 0.386. The van der Waals surface area contributed by atoms with Gasteiger partial charge in [0.25, 0.3) is 0 Å². The fraction of sp³-hybridized carbons (Fsp3) is 0.412. The SMILES string of the molecule is CC(C)N1CCN=C1SCC1=CSC2=Nc3ccc(Cl)cc3CN12.Cl.Cl. The number of benzene rings is 1. The molecule has 0 atom stereocenters. The number of rotatable bonds is 3. The maximum atomic E-state index is 6.14. The molecule has 0 aromatic heterocycles. The van der Waals surface area contributed by atoms with E-state index in [1.54, 1.807) is 11.8 Å². The molecule has 0 fully saturated rings. The zero-order chi connectivity index (χ0) is 16.7. The van der Waals surface area contributed by atoms with Crippen LogP contribution in [0.4, 0.5) is 5.69 Å². The molecule has 4 nitrogen and oxygen atoms in total. The molecular weight excluding hydrogens is 431 g/mol. The number of halogens is 3. The predicted octanol–water partition coefficient (Wildman–Crippen LogP) is 5.39. The van der Waals surface area contributed by atoms with Gasteiger partial charge in [0.05, 0.1) is 18.8 Å². The molecule has 26 heavy (non-hydrogen) atoms. The van der Waals surface area contributed by atoms with Crippen molar-refractivity contribution in [2.75, 3.05) is 18.8 Å². The van der Waals surface area contributed by atoms with Gasteiger partial charge < -0.3 is 9.80 Å². The fourth-order valence-electron chi connectivity index (χ4n) is 2.99. The number of hydrogen-bond acceptors (Lipinski definition) is 6. The molecule has 0 unspecified atom stereocenters. The van der Waals surface area contributed by atoms with Gasteiger partial charge >= 0.3 is 0 Å². The minimum absolute atomic E-state index is 0. The van der Waals surface area contributed by atoms with Gasteiger partial charge in [0.2, 0.25) is 0 Å². The van der Waals surface area contributed by atoms with Gasteiger partial charge in [0.1, 0.15) is 0 Å². The van der Waals surface area contributed by atoms with E-state index in [4.69, 9.17) is 16.6 Å². The van der Waals surface area contributed by atoms with Crippen LogP contribution < -0.4 is 0 Å². The van der Waals surface area contributed by atoms with Gasteiger partial charge in [-0.25, -0.2) is 4.99 Å². The molecule has 3 aliphatic rings. The van der Waals surface area contributed by atoms with E-state index in [0.29, 0.717) is 6.04 Å². The van der Waals surface area contributed by atoms with Crippen LogP contribution in [-0.2, 0) is 6.54 Å². The highest BCUT2D eigenvalue weighted by molar-refractivity contribution is 8.17. The lowest BCUT2D eigenvalue weighted by atomic mass is 10.1. The molecular formula is C17H21Cl3N4S2. The van der Waals surface area contributed by atoms with E-state index < -0.39 is 0 Å². The highest BCUT2D eigenvalue weighted by Gasteiger charge is 2.29. The zero-order valence-electron chi connectivity index (χ0n) is 14.5.